The van der Waals surface area contributed by atoms with Gasteiger partial charge < -0.3 is 13.9 Å². The van der Waals surface area contributed by atoms with Crippen LogP contribution in [-0.2, 0) is 4.74 Å². The molecule has 0 atom stereocenters. The van der Waals surface area contributed by atoms with Crippen LogP contribution >= 0.6 is 11.3 Å². The van der Waals surface area contributed by atoms with E-state index in [1.54, 1.807) is 24.3 Å². The van der Waals surface area contributed by atoms with E-state index in [9.17, 15) is 9.59 Å². The van der Waals surface area contributed by atoms with Gasteiger partial charge in [0.05, 0.1) is 18.9 Å². The lowest BCUT2D eigenvalue weighted by atomic mass is 9.94. The number of rotatable bonds is 6. The number of ketones is 1. The molecule has 1 aliphatic heterocycles. The number of ether oxygens (including phenoxy) is 2. The second-order valence-corrected chi connectivity index (χ2v) is 7.47. The molecular formula is C20H19N3O5S. The summed E-state index contributed by atoms with van der Waals surface area (Å²) in [6.07, 6.45) is 4.29. The molecule has 1 amide bonds. The fourth-order valence-electron chi connectivity index (χ4n) is 3.07. The number of Topliss-reactive ketones (excluding diaryl/α,β-unsaturated/α-hetero) is 1. The zero-order valence-corrected chi connectivity index (χ0v) is 16.5. The zero-order chi connectivity index (χ0) is 20.2. The average molecular weight is 413 g/mol. The second-order valence-electron chi connectivity index (χ2n) is 6.47. The van der Waals surface area contributed by atoms with Crippen molar-refractivity contribution in [3.8, 4) is 17.3 Å². The van der Waals surface area contributed by atoms with Crippen LogP contribution in [0.3, 0.4) is 0 Å². The first-order valence-electron chi connectivity index (χ1n) is 9.13. The van der Waals surface area contributed by atoms with E-state index < -0.39 is 0 Å². The number of nitrogens with one attached hydrogen (secondary N) is 1. The molecule has 1 aliphatic rings. The Morgan fingerprint density at radius 1 is 1.24 bits per heavy atom. The van der Waals surface area contributed by atoms with E-state index in [1.807, 2.05) is 0 Å². The quantitative estimate of drug-likeness (QED) is 0.615. The van der Waals surface area contributed by atoms with Crippen LogP contribution in [0.15, 0.2) is 41.1 Å². The van der Waals surface area contributed by atoms with Gasteiger partial charge in [-0.05, 0) is 31.0 Å². The summed E-state index contributed by atoms with van der Waals surface area (Å²) in [5.74, 6) is 0.421. The first-order chi connectivity index (χ1) is 14.2. The molecule has 0 unspecified atom stereocenters. The van der Waals surface area contributed by atoms with Crippen LogP contribution in [0.2, 0.25) is 0 Å². The Balaban J connectivity index is 1.60. The van der Waals surface area contributed by atoms with Crippen LogP contribution in [0.1, 0.15) is 32.9 Å². The van der Waals surface area contributed by atoms with Gasteiger partial charge in [0, 0.05) is 31.4 Å². The maximum absolute atomic E-state index is 13.1. The van der Waals surface area contributed by atoms with Crippen molar-refractivity contribution in [2.24, 2.45) is 5.92 Å². The van der Waals surface area contributed by atoms with Gasteiger partial charge in [0.2, 0.25) is 5.88 Å². The molecule has 0 aliphatic carbocycles. The molecule has 29 heavy (non-hydrogen) atoms. The molecule has 0 saturated carbocycles. The summed E-state index contributed by atoms with van der Waals surface area (Å²) in [5, 5.41) is 3.07. The summed E-state index contributed by atoms with van der Waals surface area (Å²) in [4.78, 5) is 34.6. The Labute approximate surface area is 170 Å². The topological polar surface area (TPSA) is 104 Å². The fourth-order valence-corrected chi connectivity index (χ4v) is 4.05. The molecule has 4 heterocycles. The summed E-state index contributed by atoms with van der Waals surface area (Å²) < 4.78 is 15.8. The highest BCUT2D eigenvalue weighted by molar-refractivity contribution is 7.18. The molecule has 0 bridgehead atoms. The Bertz CT molecular complexity index is 992. The van der Waals surface area contributed by atoms with Gasteiger partial charge in [-0.3, -0.25) is 14.9 Å². The minimum absolute atomic E-state index is 0.00353. The number of anilines is 1. The number of furan rings is 1. The summed E-state index contributed by atoms with van der Waals surface area (Å²) in [6.45, 7) is 1.14. The van der Waals surface area contributed by atoms with Gasteiger partial charge in [0.15, 0.2) is 16.7 Å². The Morgan fingerprint density at radius 2 is 2.07 bits per heavy atom. The minimum Gasteiger partial charge on any atom is -0.481 e. The number of hydrogen-bond acceptors (Lipinski definition) is 8. The number of methoxy groups -OCH3 is 1. The molecule has 8 nitrogen and oxygen atoms in total. The second kappa shape index (κ2) is 8.54. The highest BCUT2D eigenvalue weighted by atomic mass is 32.1. The number of amides is 1. The summed E-state index contributed by atoms with van der Waals surface area (Å²) in [7, 11) is 1.50. The molecule has 3 aromatic heterocycles. The number of pyridine rings is 1. The van der Waals surface area contributed by atoms with Gasteiger partial charge in [-0.15, -0.1) is 0 Å². The number of carbonyl (C=O) groups is 2. The average Bonchev–Trinajstić information content (AvgIpc) is 3.44. The highest BCUT2D eigenvalue weighted by Gasteiger charge is 2.29. The maximum Gasteiger partial charge on any atom is 0.259 e. The van der Waals surface area contributed by atoms with E-state index in [4.69, 9.17) is 13.9 Å². The van der Waals surface area contributed by atoms with Gasteiger partial charge in [0.1, 0.15) is 10.6 Å². The van der Waals surface area contributed by atoms with Gasteiger partial charge >= 0.3 is 0 Å². The van der Waals surface area contributed by atoms with Crippen LogP contribution in [0, 0.1) is 5.92 Å². The number of thiazole rings is 1. The molecule has 0 radical (unpaired) electrons. The predicted octanol–water partition coefficient (Wildman–Crippen LogP) is 3.67. The Hall–Kier alpha value is -3.04. The number of carbonyl (C=O) groups excluding carboxylic acids is 2. The molecule has 9 heteroatoms. The number of aromatic nitrogens is 2. The number of hydrogen-bond donors (Lipinski definition) is 1. The van der Waals surface area contributed by atoms with Gasteiger partial charge in [0.25, 0.3) is 5.91 Å². The number of nitrogens with zero attached hydrogens (tertiary/aromatic N) is 2. The Kier molecular flexibility index (Phi) is 5.68. The van der Waals surface area contributed by atoms with Crippen molar-refractivity contribution < 1.29 is 23.5 Å². The van der Waals surface area contributed by atoms with Crippen molar-refractivity contribution in [2.45, 2.75) is 12.8 Å². The summed E-state index contributed by atoms with van der Waals surface area (Å²) in [5.41, 5.74) is 0.803. The smallest absolute Gasteiger partial charge is 0.259 e. The minimum atomic E-state index is -0.370. The summed E-state index contributed by atoms with van der Waals surface area (Å²) >= 11 is 1.15. The van der Waals surface area contributed by atoms with Crippen molar-refractivity contribution >= 4 is 28.2 Å². The van der Waals surface area contributed by atoms with Crippen LogP contribution in [0.5, 0.6) is 5.88 Å². The largest absolute Gasteiger partial charge is 0.481 e. The van der Waals surface area contributed by atoms with E-state index >= 15 is 0 Å². The third-order valence-corrected chi connectivity index (χ3v) is 5.61. The molecule has 3 aromatic rings. The van der Waals surface area contributed by atoms with Crippen molar-refractivity contribution in [1.82, 2.24) is 9.97 Å². The van der Waals surface area contributed by atoms with Crippen molar-refractivity contribution in [1.29, 1.82) is 0 Å². The molecule has 4 rings (SSSR count). The van der Waals surface area contributed by atoms with Gasteiger partial charge in [-0.1, -0.05) is 11.3 Å². The molecule has 1 fully saturated rings. The van der Waals surface area contributed by atoms with Crippen LogP contribution in [0.4, 0.5) is 5.13 Å². The molecule has 0 spiro atoms. The van der Waals surface area contributed by atoms with Crippen LogP contribution in [0.25, 0.3) is 11.5 Å². The van der Waals surface area contributed by atoms with Crippen molar-refractivity contribution in [3.05, 3.63) is 47.2 Å². The first kappa shape index (κ1) is 19.3. The molecule has 0 aromatic carbocycles. The SMILES string of the molecule is COc1ccc(C(=O)Nc2nc(-c3ccco3)c(C(=O)C3CCOCC3)s2)cn1. The maximum atomic E-state index is 13.1. The zero-order valence-electron chi connectivity index (χ0n) is 15.7. The van der Waals surface area contributed by atoms with Crippen LogP contribution < -0.4 is 10.1 Å². The van der Waals surface area contributed by atoms with Crippen molar-refractivity contribution in [2.75, 3.05) is 25.6 Å². The first-order valence-corrected chi connectivity index (χ1v) is 9.95. The standard InChI is InChI=1S/C20H19N3O5S/c1-26-15-5-4-13(11-21-15)19(25)23-20-22-16(14-3-2-8-28-14)18(29-20)17(24)12-6-9-27-10-7-12/h2-5,8,11-12H,6-7,9-10H2,1H3,(H,22,23,25). The summed E-state index contributed by atoms with van der Waals surface area (Å²) in [6, 6.07) is 6.69. The molecule has 150 valence electrons. The lowest BCUT2D eigenvalue weighted by Gasteiger charge is -2.20. The molecule has 1 N–H and O–H groups in total. The predicted molar refractivity (Wildman–Crippen MR) is 106 cm³/mol. The normalized spacial score (nSPS) is 14.5. The van der Waals surface area contributed by atoms with Gasteiger partial charge in [-0.2, -0.15) is 0 Å². The lowest BCUT2D eigenvalue weighted by Crippen LogP contribution is -2.23. The van der Waals surface area contributed by atoms with Gasteiger partial charge in [-0.25, -0.2) is 9.97 Å². The van der Waals surface area contributed by atoms with E-state index in [-0.39, 0.29) is 17.6 Å². The third kappa shape index (κ3) is 4.20. The van der Waals surface area contributed by atoms with E-state index in [0.29, 0.717) is 59.0 Å². The van der Waals surface area contributed by atoms with E-state index in [2.05, 4.69) is 15.3 Å². The fraction of sp³-hybridized carbons (Fsp3) is 0.300. The Morgan fingerprint density at radius 3 is 2.72 bits per heavy atom. The van der Waals surface area contributed by atoms with E-state index in [1.165, 1.54) is 19.6 Å². The molecular weight excluding hydrogens is 394 g/mol. The lowest BCUT2D eigenvalue weighted by molar-refractivity contribution is 0.0547. The van der Waals surface area contributed by atoms with E-state index in [0.717, 1.165) is 11.3 Å². The van der Waals surface area contributed by atoms with Crippen LogP contribution in [-0.4, -0.2) is 42.0 Å². The highest BCUT2D eigenvalue weighted by Crippen LogP contribution is 2.35. The van der Waals surface area contributed by atoms with Crippen molar-refractivity contribution in [3.63, 3.8) is 0 Å². The monoisotopic (exact) mass is 413 g/mol. The molecule has 1 saturated heterocycles. The third-order valence-electron chi connectivity index (χ3n) is 4.63.